The van der Waals surface area contributed by atoms with Crippen LogP contribution in [0.4, 0.5) is 5.82 Å². The van der Waals surface area contributed by atoms with E-state index in [9.17, 15) is 0 Å². The van der Waals surface area contributed by atoms with Gasteiger partial charge in [-0.1, -0.05) is 0 Å². The lowest BCUT2D eigenvalue weighted by atomic mass is 10.1. The molecule has 0 spiro atoms. The highest BCUT2D eigenvalue weighted by molar-refractivity contribution is 9.10. The van der Waals surface area contributed by atoms with Crippen LogP contribution in [-0.2, 0) is 4.74 Å². The molecule has 0 saturated carbocycles. The van der Waals surface area contributed by atoms with Gasteiger partial charge in [-0.15, -0.1) is 0 Å². The number of nitrogens with zero attached hydrogens (tertiary/aromatic N) is 1. The molecule has 5 heteroatoms. The van der Waals surface area contributed by atoms with Gasteiger partial charge in [0.15, 0.2) is 0 Å². The molecule has 0 atom stereocenters. The van der Waals surface area contributed by atoms with Crippen molar-refractivity contribution in [3.8, 4) is 0 Å². The third-order valence-corrected chi connectivity index (χ3v) is 3.65. The molecule has 1 saturated heterocycles. The van der Waals surface area contributed by atoms with Crippen LogP contribution in [0.2, 0.25) is 0 Å². The van der Waals surface area contributed by atoms with Gasteiger partial charge in [-0.25, -0.2) is 4.98 Å². The van der Waals surface area contributed by atoms with Gasteiger partial charge < -0.3 is 15.4 Å². The van der Waals surface area contributed by atoms with Crippen molar-refractivity contribution in [1.29, 1.82) is 0 Å². The Morgan fingerprint density at radius 1 is 1.44 bits per heavy atom. The molecule has 2 rings (SSSR count). The summed E-state index contributed by atoms with van der Waals surface area (Å²) in [6, 6.07) is 3.90. The third-order valence-electron chi connectivity index (χ3n) is 3.01. The van der Waals surface area contributed by atoms with Crippen LogP contribution >= 0.6 is 15.9 Å². The van der Waals surface area contributed by atoms with Crippen molar-refractivity contribution in [1.82, 2.24) is 10.3 Å². The van der Waals surface area contributed by atoms with Crippen LogP contribution in [0.5, 0.6) is 0 Å². The van der Waals surface area contributed by atoms with E-state index in [1.54, 1.807) is 6.20 Å². The Hall–Kier alpha value is -0.650. The molecule has 0 radical (unpaired) electrons. The van der Waals surface area contributed by atoms with Gasteiger partial charge in [0.2, 0.25) is 0 Å². The van der Waals surface area contributed by atoms with Gasteiger partial charge in [-0.3, -0.25) is 0 Å². The topological polar surface area (TPSA) is 46.2 Å². The molecule has 0 aliphatic carbocycles. The summed E-state index contributed by atoms with van der Waals surface area (Å²) in [5.74, 6) is 0.902. The highest BCUT2D eigenvalue weighted by Crippen LogP contribution is 2.17. The zero-order valence-electron chi connectivity index (χ0n) is 10.5. The lowest BCUT2D eigenvalue weighted by molar-refractivity contribution is 0.0329. The molecule has 1 aromatic heterocycles. The van der Waals surface area contributed by atoms with Crippen LogP contribution in [0.1, 0.15) is 19.3 Å². The quantitative estimate of drug-likeness (QED) is 0.792. The molecule has 100 valence electrons. The molecule has 1 aliphatic heterocycles. The molecule has 18 heavy (non-hydrogen) atoms. The minimum atomic E-state index is 0.452. The highest BCUT2D eigenvalue weighted by atomic mass is 79.9. The molecule has 1 fully saturated rings. The van der Waals surface area contributed by atoms with E-state index in [1.807, 2.05) is 12.1 Å². The van der Waals surface area contributed by atoms with E-state index in [2.05, 4.69) is 31.5 Å². The maximum atomic E-state index is 5.84. The maximum absolute atomic E-state index is 5.84. The highest BCUT2D eigenvalue weighted by Gasteiger charge is 2.12. The number of piperidine rings is 1. The van der Waals surface area contributed by atoms with Gasteiger partial charge in [-0.2, -0.15) is 0 Å². The van der Waals surface area contributed by atoms with E-state index in [0.717, 1.165) is 55.8 Å². The normalized spacial score (nSPS) is 16.7. The Morgan fingerprint density at radius 2 is 2.28 bits per heavy atom. The first kappa shape index (κ1) is 13.8. The van der Waals surface area contributed by atoms with Crippen LogP contribution in [-0.4, -0.2) is 37.3 Å². The zero-order chi connectivity index (χ0) is 12.6. The number of hydrogen-bond donors (Lipinski definition) is 2. The van der Waals surface area contributed by atoms with Crippen LogP contribution in [0.3, 0.4) is 0 Å². The van der Waals surface area contributed by atoms with Gasteiger partial charge in [0, 0.05) is 19.3 Å². The third kappa shape index (κ3) is 4.55. The van der Waals surface area contributed by atoms with E-state index >= 15 is 0 Å². The maximum Gasteiger partial charge on any atom is 0.140 e. The number of ether oxygens (including phenoxy) is 1. The fourth-order valence-corrected chi connectivity index (χ4v) is 2.40. The second-order valence-electron chi connectivity index (χ2n) is 4.43. The van der Waals surface area contributed by atoms with Crippen LogP contribution in [0.25, 0.3) is 0 Å². The first-order valence-corrected chi connectivity index (χ1v) is 7.32. The summed E-state index contributed by atoms with van der Waals surface area (Å²) in [6.45, 7) is 3.89. The minimum Gasteiger partial charge on any atom is -0.378 e. The van der Waals surface area contributed by atoms with Gasteiger partial charge >= 0.3 is 0 Å². The number of halogens is 1. The fraction of sp³-hybridized carbons (Fsp3) is 0.615. The Kier molecular flexibility index (Phi) is 5.90. The molecular formula is C13H20BrN3O. The Balaban J connectivity index is 1.57. The van der Waals surface area contributed by atoms with Crippen LogP contribution < -0.4 is 10.6 Å². The number of pyridine rings is 1. The molecular weight excluding hydrogens is 294 g/mol. The fourth-order valence-electron chi connectivity index (χ4n) is 2.01. The van der Waals surface area contributed by atoms with E-state index in [-0.39, 0.29) is 0 Å². The number of anilines is 1. The van der Waals surface area contributed by atoms with Crippen molar-refractivity contribution in [2.24, 2.45) is 0 Å². The SMILES string of the molecule is Brc1cccnc1NCCCOC1CCNCC1. The average molecular weight is 314 g/mol. The summed E-state index contributed by atoms with van der Waals surface area (Å²) in [4.78, 5) is 4.26. The molecule has 2 N–H and O–H groups in total. The van der Waals surface area contributed by atoms with Crippen molar-refractivity contribution in [3.63, 3.8) is 0 Å². The van der Waals surface area contributed by atoms with Crippen molar-refractivity contribution in [2.75, 3.05) is 31.6 Å². The van der Waals surface area contributed by atoms with Crippen molar-refractivity contribution >= 4 is 21.7 Å². The largest absolute Gasteiger partial charge is 0.378 e. The molecule has 0 aromatic carbocycles. The van der Waals surface area contributed by atoms with Gasteiger partial charge in [0.1, 0.15) is 5.82 Å². The second kappa shape index (κ2) is 7.71. The summed E-state index contributed by atoms with van der Waals surface area (Å²) >= 11 is 3.46. The molecule has 2 heterocycles. The lowest BCUT2D eigenvalue weighted by Crippen LogP contribution is -2.32. The molecule has 1 aliphatic rings. The zero-order valence-corrected chi connectivity index (χ0v) is 12.1. The van der Waals surface area contributed by atoms with Gasteiger partial charge in [0.05, 0.1) is 10.6 Å². The van der Waals surface area contributed by atoms with Gasteiger partial charge in [-0.05, 0) is 60.4 Å². The molecule has 1 aromatic rings. The minimum absolute atomic E-state index is 0.452. The standard InChI is InChI=1S/C13H20BrN3O/c14-12-3-1-6-16-13(12)17-7-2-10-18-11-4-8-15-9-5-11/h1,3,6,11,15H,2,4-5,7-10H2,(H,16,17). The number of aromatic nitrogens is 1. The smallest absolute Gasteiger partial charge is 0.140 e. The Labute approximate surface area is 117 Å². The van der Waals surface area contributed by atoms with Crippen molar-refractivity contribution in [3.05, 3.63) is 22.8 Å². The van der Waals surface area contributed by atoms with Gasteiger partial charge in [0.25, 0.3) is 0 Å². The summed E-state index contributed by atoms with van der Waals surface area (Å²) < 4.78 is 6.84. The summed E-state index contributed by atoms with van der Waals surface area (Å²) in [5.41, 5.74) is 0. The monoisotopic (exact) mass is 313 g/mol. The first-order chi connectivity index (χ1) is 8.86. The average Bonchev–Trinajstić information content (AvgIpc) is 2.42. The molecule has 0 amide bonds. The van der Waals surface area contributed by atoms with E-state index in [0.29, 0.717) is 6.10 Å². The molecule has 4 nitrogen and oxygen atoms in total. The van der Waals surface area contributed by atoms with Crippen molar-refractivity contribution < 1.29 is 4.74 Å². The number of hydrogen-bond acceptors (Lipinski definition) is 4. The number of nitrogens with one attached hydrogen (secondary N) is 2. The molecule has 0 bridgehead atoms. The summed E-state index contributed by atoms with van der Waals surface area (Å²) in [5, 5.41) is 6.64. The molecule has 0 unspecified atom stereocenters. The number of rotatable bonds is 6. The predicted octanol–water partition coefficient (Wildman–Crippen LogP) is 2.41. The summed E-state index contributed by atoms with van der Waals surface area (Å²) in [6.07, 6.45) is 5.53. The lowest BCUT2D eigenvalue weighted by Gasteiger charge is -2.22. The van der Waals surface area contributed by atoms with Crippen LogP contribution in [0.15, 0.2) is 22.8 Å². The summed E-state index contributed by atoms with van der Waals surface area (Å²) in [7, 11) is 0. The van der Waals surface area contributed by atoms with Crippen LogP contribution in [0, 0.1) is 0 Å². The Morgan fingerprint density at radius 3 is 3.06 bits per heavy atom. The van der Waals surface area contributed by atoms with E-state index in [4.69, 9.17) is 4.74 Å². The predicted molar refractivity (Wildman–Crippen MR) is 76.9 cm³/mol. The Bertz CT molecular complexity index is 356. The second-order valence-corrected chi connectivity index (χ2v) is 5.29. The first-order valence-electron chi connectivity index (χ1n) is 6.53. The van der Waals surface area contributed by atoms with E-state index in [1.165, 1.54) is 0 Å². The van der Waals surface area contributed by atoms with E-state index < -0.39 is 0 Å². The van der Waals surface area contributed by atoms with Crippen molar-refractivity contribution in [2.45, 2.75) is 25.4 Å².